The topological polar surface area (TPSA) is 102 Å². The number of carbonyl (C=O) groups excluding carboxylic acids is 3. The highest BCUT2D eigenvalue weighted by atomic mass is 16.5. The first-order chi connectivity index (χ1) is 12.4. The summed E-state index contributed by atoms with van der Waals surface area (Å²) < 4.78 is 5.78. The standard InChI is InChI=1S/C19H19N3O4/c1-3-22-14-9-4-5-10-15(14)26-19(2,18(22)25)17(24)21-13-8-6-7-12(11-13)16(20)23/h4-11H,3H2,1-2H3,(H2,20,23)(H,21,24). The number of hydrogen-bond acceptors (Lipinski definition) is 4. The van der Waals surface area contributed by atoms with Crippen molar-refractivity contribution in [2.45, 2.75) is 19.4 Å². The highest BCUT2D eigenvalue weighted by Crippen LogP contribution is 2.37. The fraction of sp³-hybridized carbons (Fsp3) is 0.211. The van der Waals surface area contributed by atoms with Crippen LogP contribution in [-0.4, -0.2) is 29.9 Å². The molecule has 1 heterocycles. The molecule has 0 saturated heterocycles. The van der Waals surface area contributed by atoms with Crippen LogP contribution in [0.3, 0.4) is 0 Å². The Labute approximate surface area is 150 Å². The molecule has 0 bridgehead atoms. The molecule has 0 saturated carbocycles. The number of nitrogens with two attached hydrogens (primary N) is 1. The third kappa shape index (κ3) is 2.88. The summed E-state index contributed by atoms with van der Waals surface area (Å²) in [6, 6.07) is 13.2. The fourth-order valence-corrected chi connectivity index (χ4v) is 2.85. The Kier molecular flexibility index (Phi) is 4.38. The number of ether oxygens (including phenoxy) is 1. The van der Waals surface area contributed by atoms with Crippen molar-refractivity contribution < 1.29 is 19.1 Å². The minimum absolute atomic E-state index is 0.254. The summed E-state index contributed by atoms with van der Waals surface area (Å²) >= 11 is 0. The van der Waals surface area contributed by atoms with E-state index in [4.69, 9.17) is 10.5 Å². The summed E-state index contributed by atoms with van der Waals surface area (Å²) in [6.07, 6.45) is 0. The molecule has 26 heavy (non-hydrogen) atoms. The third-order valence-electron chi connectivity index (χ3n) is 4.28. The van der Waals surface area contributed by atoms with Crippen LogP contribution in [-0.2, 0) is 9.59 Å². The first-order valence-electron chi connectivity index (χ1n) is 8.18. The van der Waals surface area contributed by atoms with E-state index in [-0.39, 0.29) is 5.56 Å². The molecule has 0 aliphatic carbocycles. The third-order valence-corrected chi connectivity index (χ3v) is 4.28. The van der Waals surface area contributed by atoms with Gasteiger partial charge in [0.2, 0.25) is 5.91 Å². The normalized spacial score (nSPS) is 18.7. The minimum Gasteiger partial charge on any atom is -0.465 e. The van der Waals surface area contributed by atoms with Gasteiger partial charge in [-0.25, -0.2) is 0 Å². The van der Waals surface area contributed by atoms with Gasteiger partial charge in [-0.05, 0) is 44.2 Å². The number of hydrogen-bond donors (Lipinski definition) is 2. The van der Waals surface area contributed by atoms with Gasteiger partial charge in [0.25, 0.3) is 17.4 Å². The average Bonchev–Trinajstić information content (AvgIpc) is 2.63. The van der Waals surface area contributed by atoms with Gasteiger partial charge < -0.3 is 20.7 Å². The maximum absolute atomic E-state index is 12.9. The largest absolute Gasteiger partial charge is 0.465 e. The Hall–Kier alpha value is -3.35. The van der Waals surface area contributed by atoms with E-state index in [1.807, 2.05) is 6.92 Å². The molecule has 7 nitrogen and oxygen atoms in total. The lowest BCUT2D eigenvalue weighted by Gasteiger charge is -2.39. The summed E-state index contributed by atoms with van der Waals surface area (Å²) in [5.41, 5.74) is 4.76. The van der Waals surface area contributed by atoms with E-state index in [0.717, 1.165) is 0 Å². The Morgan fingerprint density at radius 3 is 2.62 bits per heavy atom. The molecule has 1 atom stereocenters. The first-order valence-corrected chi connectivity index (χ1v) is 8.18. The zero-order chi connectivity index (χ0) is 18.9. The number of anilines is 2. The van der Waals surface area contributed by atoms with Gasteiger partial charge in [0.1, 0.15) is 5.75 Å². The number of primary amides is 1. The van der Waals surface area contributed by atoms with Crippen LogP contribution in [0.5, 0.6) is 5.75 Å². The molecule has 0 aromatic heterocycles. The highest BCUT2D eigenvalue weighted by molar-refractivity contribution is 6.19. The molecule has 7 heteroatoms. The van der Waals surface area contributed by atoms with Crippen molar-refractivity contribution in [2.24, 2.45) is 5.73 Å². The molecular formula is C19H19N3O4. The molecule has 1 aliphatic heterocycles. The lowest BCUT2D eigenvalue weighted by atomic mass is 9.99. The lowest BCUT2D eigenvalue weighted by Crippen LogP contribution is -2.60. The molecule has 0 radical (unpaired) electrons. The van der Waals surface area contributed by atoms with Crippen molar-refractivity contribution >= 4 is 29.1 Å². The lowest BCUT2D eigenvalue weighted by molar-refractivity contribution is -0.145. The van der Waals surface area contributed by atoms with E-state index in [0.29, 0.717) is 23.7 Å². The van der Waals surface area contributed by atoms with Crippen LogP contribution < -0.4 is 20.7 Å². The van der Waals surface area contributed by atoms with Gasteiger partial charge in [-0.1, -0.05) is 18.2 Å². The molecule has 3 N–H and O–H groups in total. The zero-order valence-electron chi connectivity index (χ0n) is 14.5. The Morgan fingerprint density at radius 2 is 1.92 bits per heavy atom. The van der Waals surface area contributed by atoms with Crippen LogP contribution in [0.2, 0.25) is 0 Å². The van der Waals surface area contributed by atoms with Crippen LogP contribution in [0.25, 0.3) is 0 Å². The van der Waals surface area contributed by atoms with Crippen LogP contribution in [0, 0.1) is 0 Å². The smallest absolute Gasteiger partial charge is 0.280 e. The van der Waals surface area contributed by atoms with Crippen molar-refractivity contribution in [3.63, 3.8) is 0 Å². The molecular weight excluding hydrogens is 334 g/mol. The van der Waals surface area contributed by atoms with E-state index in [9.17, 15) is 14.4 Å². The first kappa shape index (κ1) is 17.5. The van der Waals surface area contributed by atoms with Crippen molar-refractivity contribution in [2.75, 3.05) is 16.8 Å². The predicted molar refractivity (Wildman–Crippen MR) is 97.1 cm³/mol. The molecule has 1 unspecified atom stereocenters. The van der Waals surface area contributed by atoms with Gasteiger partial charge in [-0.15, -0.1) is 0 Å². The van der Waals surface area contributed by atoms with Crippen molar-refractivity contribution in [3.05, 3.63) is 54.1 Å². The van der Waals surface area contributed by atoms with Crippen LogP contribution in [0.15, 0.2) is 48.5 Å². The maximum Gasteiger partial charge on any atom is 0.280 e. The van der Waals surface area contributed by atoms with Gasteiger partial charge >= 0.3 is 0 Å². The van der Waals surface area contributed by atoms with Crippen molar-refractivity contribution in [3.8, 4) is 5.75 Å². The number of nitrogens with one attached hydrogen (secondary N) is 1. The Morgan fingerprint density at radius 1 is 1.19 bits per heavy atom. The van der Waals surface area contributed by atoms with Crippen molar-refractivity contribution in [1.82, 2.24) is 0 Å². The van der Waals surface area contributed by atoms with Crippen molar-refractivity contribution in [1.29, 1.82) is 0 Å². The molecule has 3 amide bonds. The summed E-state index contributed by atoms with van der Waals surface area (Å²) in [5, 5.41) is 2.63. The number of likely N-dealkylation sites (N-methyl/N-ethyl adjacent to an activating group) is 1. The Bertz CT molecular complexity index is 896. The quantitative estimate of drug-likeness (QED) is 0.820. The number of para-hydroxylation sites is 2. The fourth-order valence-electron chi connectivity index (χ4n) is 2.85. The van der Waals surface area contributed by atoms with Gasteiger partial charge in [-0.3, -0.25) is 14.4 Å². The second-order valence-corrected chi connectivity index (χ2v) is 6.05. The van der Waals surface area contributed by atoms with Crippen LogP contribution in [0.4, 0.5) is 11.4 Å². The summed E-state index contributed by atoms with van der Waals surface area (Å²) in [6.45, 7) is 3.66. The summed E-state index contributed by atoms with van der Waals surface area (Å²) in [7, 11) is 0. The van der Waals surface area contributed by atoms with E-state index in [1.165, 1.54) is 24.0 Å². The van der Waals surface area contributed by atoms with Gasteiger partial charge in [-0.2, -0.15) is 0 Å². The van der Waals surface area contributed by atoms with Gasteiger partial charge in [0.15, 0.2) is 0 Å². The molecule has 1 aliphatic rings. The van der Waals surface area contributed by atoms with E-state index in [1.54, 1.807) is 36.4 Å². The predicted octanol–water partition coefficient (Wildman–Crippen LogP) is 1.93. The number of benzene rings is 2. The van der Waals surface area contributed by atoms with Crippen LogP contribution in [0.1, 0.15) is 24.2 Å². The van der Waals surface area contributed by atoms with Gasteiger partial charge in [0, 0.05) is 17.8 Å². The minimum atomic E-state index is -1.73. The Balaban J connectivity index is 1.92. The SMILES string of the molecule is CCN1C(=O)C(C)(C(=O)Nc2cccc(C(N)=O)c2)Oc2ccccc21. The highest BCUT2D eigenvalue weighted by Gasteiger charge is 2.50. The molecule has 0 spiro atoms. The van der Waals surface area contributed by atoms with Crippen LogP contribution >= 0.6 is 0 Å². The average molecular weight is 353 g/mol. The number of rotatable bonds is 4. The molecule has 2 aromatic rings. The molecule has 2 aromatic carbocycles. The zero-order valence-corrected chi connectivity index (χ0v) is 14.5. The monoisotopic (exact) mass is 353 g/mol. The van der Waals surface area contributed by atoms with E-state index in [2.05, 4.69) is 5.32 Å². The maximum atomic E-state index is 12.9. The summed E-state index contributed by atoms with van der Waals surface area (Å²) in [4.78, 5) is 38.6. The second-order valence-electron chi connectivity index (χ2n) is 6.05. The number of carbonyl (C=O) groups is 3. The number of amides is 3. The number of nitrogens with zero attached hydrogens (tertiary/aromatic N) is 1. The van der Waals surface area contributed by atoms with E-state index >= 15 is 0 Å². The van der Waals surface area contributed by atoms with E-state index < -0.39 is 23.3 Å². The molecule has 134 valence electrons. The second kappa shape index (κ2) is 6.51. The number of fused-ring (bicyclic) bond motifs is 1. The molecule has 3 rings (SSSR count). The van der Waals surface area contributed by atoms with Gasteiger partial charge in [0.05, 0.1) is 5.69 Å². The summed E-state index contributed by atoms with van der Waals surface area (Å²) in [5.74, 6) is -1.24. The molecule has 0 fully saturated rings.